The molecular formula is C104H118B3Br2N9O19. The molecule has 4 aliphatic carbocycles. The van der Waals surface area contributed by atoms with Crippen molar-refractivity contribution in [2.75, 3.05) is 21.1 Å². The minimum absolute atomic E-state index is 0. The smallest absolute Gasteiger partial charge is 0.494 e. The number of rotatable bonds is 2. The number of carbonyl (C=O) groups excluding carboxylic acids is 8. The second-order valence-corrected chi connectivity index (χ2v) is 42.9. The Morgan fingerprint density at radius 1 is 0.350 bits per heavy atom. The first-order valence-corrected chi connectivity index (χ1v) is 48.3. The van der Waals surface area contributed by atoms with Crippen molar-refractivity contribution in [1.82, 2.24) is 41.3 Å². The van der Waals surface area contributed by atoms with E-state index in [2.05, 4.69) is 107 Å². The number of amides is 12. The number of carbonyl (C=O) groups is 8. The number of nitriles is 1. The lowest BCUT2D eigenvalue weighted by Gasteiger charge is -2.39. The molecule has 4 atom stereocenters. The number of ether oxygens (including phenoxy) is 4. The number of benzene rings is 8. The molecule has 0 aromatic heterocycles. The number of fused-ring (bicyclic) bond motifs is 16. The van der Waals surface area contributed by atoms with Crippen molar-refractivity contribution >= 4 is 106 Å². The van der Waals surface area contributed by atoms with E-state index in [-0.39, 0.29) is 65.2 Å². The summed E-state index contributed by atoms with van der Waals surface area (Å²) in [5, 5.41) is 31.8. The van der Waals surface area contributed by atoms with Crippen LogP contribution in [-0.4, -0.2) is 166 Å². The van der Waals surface area contributed by atoms with Crippen LogP contribution in [0.4, 0.5) is 19.2 Å². The molecule has 28 nitrogen and oxygen atoms in total. The molecule has 12 amide bonds. The topological polar surface area (TPSA) is 343 Å². The Bertz CT molecular complexity index is 5970. The minimum atomic E-state index is -1.31. The summed E-state index contributed by atoms with van der Waals surface area (Å²) < 4.78 is 64.2. The number of nitrogens with one attached hydrogen (secondary N) is 5. The number of aryl methyl sites for hydroxylation is 8. The maximum atomic E-state index is 13.9. The summed E-state index contributed by atoms with van der Waals surface area (Å²) in [4.78, 5) is 107. The molecule has 11 aliphatic heterocycles. The van der Waals surface area contributed by atoms with Crippen LogP contribution in [0.25, 0.3) is 0 Å². The van der Waals surface area contributed by atoms with Gasteiger partial charge >= 0.3 is 45.3 Å². The number of urea groups is 4. The van der Waals surface area contributed by atoms with Crippen LogP contribution in [-0.2, 0) is 121 Å². The van der Waals surface area contributed by atoms with Crippen LogP contribution < -0.4 is 51.0 Å². The van der Waals surface area contributed by atoms with Gasteiger partial charge in [0.15, 0.2) is 22.2 Å². The van der Waals surface area contributed by atoms with Crippen LogP contribution in [0, 0.1) is 11.3 Å². The summed E-state index contributed by atoms with van der Waals surface area (Å²) in [7, 11) is 3.00. The Kier molecular flexibility index (Phi) is 24.8. The van der Waals surface area contributed by atoms with Crippen molar-refractivity contribution in [2.24, 2.45) is 0 Å². The van der Waals surface area contributed by atoms with Crippen molar-refractivity contribution in [3.63, 3.8) is 0 Å². The predicted molar refractivity (Wildman–Crippen MR) is 522 cm³/mol. The van der Waals surface area contributed by atoms with Gasteiger partial charge < -0.3 is 73.2 Å². The number of likely N-dealkylation sites (N-methyl/N-ethyl adjacent to an activating group) is 3. The van der Waals surface area contributed by atoms with E-state index in [4.69, 9.17) is 52.1 Å². The number of phenolic OH excluding ortho intramolecular Hbond substituents is 1. The summed E-state index contributed by atoms with van der Waals surface area (Å²) in [5.74, 6) is 1.37. The van der Waals surface area contributed by atoms with Crippen molar-refractivity contribution < 1.29 is 90.3 Å². The fourth-order valence-corrected chi connectivity index (χ4v) is 23.2. The standard InChI is InChI=1S/C27H31BN2O5.C21H19BrN2O3.C21H20N2O4.C20H17BrN2O3.C12H24B2O4.C2H3N.CH4/c1-24(2)25(3,4)35-28(34-24)19-10-11-21-20(16-19)27(22(31)30(5)23(32)29-27)26(33-21)14-12-17-8-6-7-9-18(17)13-15-26;1-24-18(25)21(23-19(24)26)16-12-15(22)6-7-17(16)27-20(21)10-8-13-4-2-3-5-14(13)9-11-20;1-23-18(25)21(22-19(23)26)16-12-15(24)6-7-17(16)27-20(21)10-8-13-4-2-3-5-14(13)9-11-20;21-14-5-6-16-15(11-14)20(17(24)22-18(25)23-20)19(26-16)9-7-12-3-1-2-4-13(12)8-10-19;1-9(2)10(3,4)16-13(15-9)14-17-11(5,6)12(7,8)18-14;1-2-3;/h6-11,16H,12-15H2,1-5H3,(H,29,32);2-7,12H,8-11H2,1H3,(H,23,26);2-7,12,24H,8-11H2,1H3,(H,22,26);1-6,11H,7-10H2,(H2,22,23,24,25);1-8H3;1H3;1H4. The van der Waals surface area contributed by atoms with Gasteiger partial charge in [-0.3, -0.25) is 39.2 Å². The summed E-state index contributed by atoms with van der Waals surface area (Å²) in [6, 6.07) is 55.2. The molecule has 0 saturated carbocycles. The zero-order valence-corrected chi connectivity index (χ0v) is 82.7. The van der Waals surface area contributed by atoms with Gasteiger partial charge in [-0.15, -0.1) is 0 Å². The minimum Gasteiger partial charge on any atom is -0.508 e. The van der Waals surface area contributed by atoms with Gasteiger partial charge in [0.05, 0.1) is 39.7 Å². The summed E-state index contributed by atoms with van der Waals surface area (Å²) in [6.07, 6.45) is 11.3. The van der Waals surface area contributed by atoms with E-state index in [0.717, 1.165) is 81.8 Å². The number of imide groups is 4. The van der Waals surface area contributed by atoms with Gasteiger partial charge in [-0.2, -0.15) is 5.26 Å². The second-order valence-electron chi connectivity index (χ2n) is 41.0. The van der Waals surface area contributed by atoms with Crippen molar-refractivity contribution in [3.8, 4) is 34.8 Å². The molecule has 33 heteroatoms. The zero-order valence-electron chi connectivity index (χ0n) is 79.6. The van der Waals surface area contributed by atoms with Crippen molar-refractivity contribution in [3.05, 3.63) is 246 Å². The lowest BCUT2D eigenvalue weighted by Crippen LogP contribution is -2.61. The Hall–Kier alpha value is -11.1. The average Bonchev–Trinajstić information content (AvgIpc) is 1.55. The monoisotopic (exact) mass is 1990 g/mol. The molecule has 716 valence electrons. The van der Waals surface area contributed by atoms with Crippen molar-refractivity contribution in [2.45, 2.75) is 278 Å². The predicted octanol–water partition coefficient (Wildman–Crippen LogP) is 15.7. The van der Waals surface area contributed by atoms with Gasteiger partial charge in [-0.25, -0.2) is 19.2 Å². The van der Waals surface area contributed by atoms with Crippen LogP contribution in [0.3, 0.4) is 0 Å². The third-order valence-electron chi connectivity index (χ3n) is 32.1. The molecule has 7 fully saturated rings. The van der Waals surface area contributed by atoms with Crippen LogP contribution in [0.2, 0.25) is 0 Å². The lowest BCUT2D eigenvalue weighted by molar-refractivity contribution is -0.139. The van der Waals surface area contributed by atoms with Gasteiger partial charge in [-0.05, 0) is 296 Å². The summed E-state index contributed by atoms with van der Waals surface area (Å²) in [5.41, 5.74) is 2.88. The van der Waals surface area contributed by atoms with Gasteiger partial charge in [0, 0.05) is 59.3 Å². The largest absolute Gasteiger partial charge is 0.508 e. The lowest BCUT2D eigenvalue weighted by atomic mass is 9.49. The van der Waals surface area contributed by atoms with E-state index in [0.29, 0.717) is 85.5 Å². The third kappa shape index (κ3) is 15.4. The van der Waals surface area contributed by atoms with Gasteiger partial charge in [-0.1, -0.05) is 148 Å². The van der Waals surface area contributed by atoms with Crippen LogP contribution in [0.15, 0.2) is 179 Å². The molecule has 8 spiro atoms. The molecule has 11 heterocycles. The highest BCUT2D eigenvalue weighted by Gasteiger charge is 2.75. The number of hydrogen-bond acceptors (Lipinski definition) is 20. The number of nitrogens with zero attached hydrogens (tertiary/aromatic N) is 4. The molecule has 7 saturated heterocycles. The molecule has 23 rings (SSSR count). The molecule has 0 radical (unpaired) electrons. The van der Waals surface area contributed by atoms with Crippen LogP contribution in [0.5, 0.6) is 28.7 Å². The molecule has 15 aliphatic rings. The Labute approximate surface area is 817 Å². The number of hydrogen-bond donors (Lipinski definition) is 6. The molecule has 137 heavy (non-hydrogen) atoms. The van der Waals surface area contributed by atoms with E-state index in [1.165, 1.54) is 82.4 Å². The Balaban J connectivity index is 0.000000119. The molecule has 4 unspecified atom stereocenters. The van der Waals surface area contributed by atoms with Gasteiger partial charge in [0.1, 0.15) is 51.2 Å². The first kappa shape index (κ1) is 97.6. The maximum Gasteiger partial charge on any atom is 0.494 e. The van der Waals surface area contributed by atoms with E-state index in [9.17, 15) is 43.5 Å². The number of phenols is 1. The Morgan fingerprint density at radius 2 is 0.599 bits per heavy atom. The third-order valence-corrected chi connectivity index (χ3v) is 33.1. The first-order chi connectivity index (χ1) is 64.3. The molecule has 6 N–H and O–H groups in total. The van der Waals surface area contributed by atoms with Crippen LogP contribution in [0.1, 0.15) is 216 Å². The highest BCUT2D eigenvalue weighted by Crippen LogP contribution is 2.61. The van der Waals surface area contributed by atoms with Gasteiger partial charge in [0.2, 0.25) is 0 Å². The molecule has 0 bridgehead atoms. The SMILES string of the molecule is C.CC#N.CC1(C)OB(B2OC(C)(C)C(C)(C)O2)OC1(C)C.CN1C(=O)NC2(C1=O)c1cc(B3OC(C)(C)C(C)(C)O3)ccc1OC21CCc2ccccc2CC1.CN1C(=O)NC2(C1=O)c1cc(Br)ccc1OC21CCc2ccccc2CC1.CN1C(=O)NC2(C1=O)c1cc(O)ccc1OC21CCc2ccccc2CC1.O=C1NC(=O)C2(N1)c1cc(Br)ccc1OC21CCc2ccccc2CC1. The quantitative estimate of drug-likeness (QED) is 0.0691. The second kappa shape index (κ2) is 34.8. The fourth-order valence-electron chi connectivity index (χ4n) is 22.5. The summed E-state index contributed by atoms with van der Waals surface area (Å²) in [6.45, 7) is 25.7. The highest BCUT2D eigenvalue weighted by atomic mass is 79.9. The van der Waals surface area contributed by atoms with E-state index >= 15 is 0 Å². The molecule has 8 aromatic carbocycles. The maximum absolute atomic E-state index is 13.9. The van der Waals surface area contributed by atoms with Crippen LogP contribution >= 0.6 is 31.9 Å². The fraction of sp³-hybridized carbons (Fsp3) is 0.452. The Morgan fingerprint density at radius 3 is 0.869 bits per heavy atom. The number of halogens is 2. The van der Waals surface area contributed by atoms with E-state index in [1.807, 2.05) is 186 Å². The van der Waals surface area contributed by atoms with Gasteiger partial charge in [0.25, 0.3) is 23.6 Å². The average molecular weight is 1990 g/mol. The normalized spacial score (nSPS) is 26.0. The first-order valence-electron chi connectivity index (χ1n) is 46.7. The zero-order chi connectivity index (χ0) is 97.1. The molecule has 8 aromatic rings. The van der Waals surface area contributed by atoms with E-state index < -0.39 is 95.0 Å². The van der Waals surface area contributed by atoms with Crippen molar-refractivity contribution in [1.29, 1.82) is 5.26 Å². The molecular weight excluding hydrogens is 1870 g/mol. The van der Waals surface area contributed by atoms with E-state index in [1.54, 1.807) is 24.3 Å². The summed E-state index contributed by atoms with van der Waals surface area (Å²) >= 11 is 6.99. The number of aromatic hydroxyl groups is 1. The highest BCUT2D eigenvalue weighted by molar-refractivity contribution is 9.10.